The van der Waals surface area contributed by atoms with E-state index in [4.69, 9.17) is 0 Å². The van der Waals surface area contributed by atoms with Crippen LogP contribution in [0, 0.1) is 0 Å². The number of piperazine rings is 1. The Morgan fingerprint density at radius 3 is 2.53 bits per heavy atom. The van der Waals surface area contributed by atoms with E-state index in [1.807, 2.05) is 0 Å². The van der Waals surface area contributed by atoms with Crippen molar-refractivity contribution < 1.29 is 18.0 Å². The molecule has 0 aromatic heterocycles. The molecule has 86 valence electrons. The van der Waals surface area contributed by atoms with Crippen LogP contribution in [0.5, 0.6) is 0 Å². The van der Waals surface area contributed by atoms with Gasteiger partial charge in [0.25, 0.3) is 0 Å². The van der Waals surface area contributed by atoms with Crippen molar-refractivity contribution in [2.75, 3.05) is 13.1 Å². The van der Waals surface area contributed by atoms with Crippen molar-refractivity contribution in [3.05, 3.63) is 0 Å². The lowest BCUT2D eigenvalue weighted by molar-refractivity contribution is -0.190. The van der Waals surface area contributed by atoms with E-state index in [1.54, 1.807) is 6.92 Å². The summed E-state index contributed by atoms with van der Waals surface area (Å²) >= 11 is 0. The Kier molecular flexibility index (Phi) is 2.22. The maximum absolute atomic E-state index is 12.3. The number of amides is 1. The third-order valence-corrected chi connectivity index (χ3v) is 3.12. The van der Waals surface area contributed by atoms with Crippen LogP contribution in [0.25, 0.3) is 0 Å². The summed E-state index contributed by atoms with van der Waals surface area (Å²) in [5.74, 6) is -1.69. The first kappa shape index (κ1) is 10.7. The number of nitrogens with one attached hydrogen (secondary N) is 1. The quantitative estimate of drug-likeness (QED) is 0.660. The summed E-state index contributed by atoms with van der Waals surface area (Å²) in [7, 11) is 0. The van der Waals surface area contributed by atoms with Gasteiger partial charge in [0.05, 0.1) is 5.54 Å². The summed E-state index contributed by atoms with van der Waals surface area (Å²) in [6.45, 7) is 2.42. The second-order valence-electron chi connectivity index (χ2n) is 4.42. The SMILES string of the molecule is C[C@H]1CN(C(=O)C(F)(F)F)C2(CC2)CN1. The van der Waals surface area contributed by atoms with Crippen molar-refractivity contribution in [3.63, 3.8) is 0 Å². The van der Waals surface area contributed by atoms with Crippen LogP contribution >= 0.6 is 0 Å². The molecule has 1 saturated heterocycles. The molecule has 1 amide bonds. The topological polar surface area (TPSA) is 32.3 Å². The summed E-state index contributed by atoms with van der Waals surface area (Å²) in [5.41, 5.74) is -0.543. The van der Waals surface area contributed by atoms with E-state index in [-0.39, 0.29) is 12.6 Å². The van der Waals surface area contributed by atoms with Gasteiger partial charge in [-0.2, -0.15) is 13.2 Å². The molecule has 1 aliphatic heterocycles. The van der Waals surface area contributed by atoms with Crippen LogP contribution in [0.4, 0.5) is 13.2 Å². The normalized spacial score (nSPS) is 29.3. The average Bonchev–Trinajstić information content (AvgIpc) is 2.88. The Labute approximate surface area is 85.6 Å². The van der Waals surface area contributed by atoms with Crippen LogP contribution in [-0.2, 0) is 4.79 Å². The summed E-state index contributed by atoms with van der Waals surface area (Å²) in [6.07, 6.45) is -3.39. The lowest BCUT2D eigenvalue weighted by Crippen LogP contribution is -2.61. The van der Waals surface area contributed by atoms with E-state index in [2.05, 4.69) is 5.32 Å². The predicted molar refractivity (Wildman–Crippen MR) is 47.2 cm³/mol. The molecule has 2 fully saturated rings. The first-order valence-electron chi connectivity index (χ1n) is 4.97. The molecule has 1 aliphatic carbocycles. The predicted octanol–water partition coefficient (Wildman–Crippen LogP) is 0.902. The van der Waals surface area contributed by atoms with Crippen molar-refractivity contribution in [2.24, 2.45) is 0 Å². The van der Waals surface area contributed by atoms with Gasteiger partial charge in [-0.3, -0.25) is 4.79 Å². The molecule has 0 aromatic carbocycles. The first-order chi connectivity index (χ1) is 6.85. The van der Waals surface area contributed by atoms with Crippen LogP contribution < -0.4 is 5.32 Å². The zero-order chi connectivity index (χ0) is 11.3. The average molecular weight is 222 g/mol. The van der Waals surface area contributed by atoms with Crippen molar-refractivity contribution in [3.8, 4) is 0 Å². The van der Waals surface area contributed by atoms with Gasteiger partial charge >= 0.3 is 12.1 Å². The van der Waals surface area contributed by atoms with E-state index in [1.165, 1.54) is 0 Å². The minimum atomic E-state index is -4.74. The maximum Gasteiger partial charge on any atom is 0.471 e. The highest BCUT2D eigenvalue weighted by molar-refractivity contribution is 5.83. The molecule has 6 heteroatoms. The number of hydrogen-bond donors (Lipinski definition) is 1. The molecule has 15 heavy (non-hydrogen) atoms. The lowest BCUT2D eigenvalue weighted by atomic mass is 10.1. The summed E-state index contributed by atoms with van der Waals surface area (Å²) in [6, 6.07) is -0.0671. The highest BCUT2D eigenvalue weighted by Crippen LogP contribution is 2.44. The molecule has 1 spiro atoms. The van der Waals surface area contributed by atoms with Gasteiger partial charge in [0.15, 0.2) is 0 Å². The van der Waals surface area contributed by atoms with Gasteiger partial charge in [0, 0.05) is 19.1 Å². The molecule has 3 nitrogen and oxygen atoms in total. The standard InChI is InChI=1S/C9H13F3N2O/c1-6-4-14(7(15)9(10,11)12)8(2-3-8)5-13-6/h6,13H,2-5H2,1H3/t6-/m0/s1. The van der Waals surface area contributed by atoms with Crippen molar-refractivity contribution in [1.82, 2.24) is 10.2 Å². The number of hydrogen-bond acceptors (Lipinski definition) is 2. The minimum Gasteiger partial charge on any atom is -0.326 e. The van der Waals surface area contributed by atoms with Gasteiger partial charge in [0.1, 0.15) is 0 Å². The fourth-order valence-electron chi connectivity index (χ4n) is 2.03. The van der Waals surface area contributed by atoms with Gasteiger partial charge in [0.2, 0.25) is 0 Å². The number of carbonyl (C=O) groups excluding carboxylic acids is 1. The molecule has 2 rings (SSSR count). The molecule has 0 radical (unpaired) electrons. The molecule has 1 atom stereocenters. The number of carbonyl (C=O) groups is 1. The Balaban J connectivity index is 2.15. The Bertz CT molecular complexity index is 286. The van der Waals surface area contributed by atoms with Crippen LogP contribution in [0.2, 0.25) is 0 Å². The van der Waals surface area contributed by atoms with Gasteiger partial charge < -0.3 is 10.2 Å². The number of nitrogens with zero attached hydrogens (tertiary/aromatic N) is 1. The second kappa shape index (κ2) is 3.10. The third kappa shape index (κ3) is 1.82. The number of rotatable bonds is 0. The Hall–Kier alpha value is -0.780. The van der Waals surface area contributed by atoms with Gasteiger partial charge in [-0.1, -0.05) is 0 Å². The second-order valence-corrected chi connectivity index (χ2v) is 4.42. The van der Waals surface area contributed by atoms with Gasteiger partial charge in [-0.15, -0.1) is 0 Å². The lowest BCUT2D eigenvalue weighted by Gasteiger charge is -2.40. The smallest absolute Gasteiger partial charge is 0.326 e. The van der Waals surface area contributed by atoms with Crippen molar-refractivity contribution in [2.45, 2.75) is 37.5 Å². The molecule has 1 saturated carbocycles. The minimum absolute atomic E-state index is 0.0671. The third-order valence-electron chi connectivity index (χ3n) is 3.12. The first-order valence-corrected chi connectivity index (χ1v) is 4.97. The van der Waals surface area contributed by atoms with E-state index in [0.29, 0.717) is 19.4 Å². The molecule has 2 aliphatic rings. The van der Waals surface area contributed by atoms with Gasteiger partial charge in [-0.05, 0) is 19.8 Å². The molecule has 0 aromatic rings. The molecule has 0 unspecified atom stereocenters. The maximum atomic E-state index is 12.3. The molecular weight excluding hydrogens is 209 g/mol. The van der Waals surface area contributed by atoms with E-state index in [0.717, 1.165) is 4.90 Å². The van der Waals surface area contributed by atoms with Gasteiger partial charge in [-0.25, -0.2) is 0 Å². The molecular formula is C9H13F3N2O. The summed E-state index contributed by atoms with van der Waals surface area (Å²) < 4.78 is 37.0. The zero-order valence-corrected chi connectivity index (χ0v) is 8.40. The zero-order valence-electron chi connectivity index (χ0n) is 8.40. The van der Waals surface area contributed by atoms with Crippen molar-refractivity contribution >= 4 is 5.91 Å². The number of halogens is 3. The molecule has 0 bridgehead atoms. The monoisotopic (exact) mass is 222 g/mol. The fourth-order valence-corrected chi connectivity index (χ4v) is 2.03. The van der Waals surface area contributed by atoms with Crippen LogP contribution in [-0.4, -0.2) is 41.7 Å². The molecule has 1 N–H and O–H groups in total. The highest BCUT2D eigenvalue weighted by atomic mass is 19.4. The van der Waals surface area contributed by atoms with Crippen molar-refractivity contribution in [1.29, 1.82) is 0 Å². The molecule has 1 heterocycles. The Morgan fingerprint density at radius 1 is 1.47 bits per heavy atom. The Morgan fingerprint density at radius 2 is 2.07 bits per heavy atom. The highest BCUT2D eigenvalue weighted by Gasteiger charge is 2.57. The largest absolute Gasteiger partial charge is 0.471 e. The van der Waals surface area contributed by atoms with Crippen LogP contribution in [0.3, 0.4) is 0 Å². The van der Waals surface area contributed by atoms with Crippen LogP contribution in [0.15, 0.2) is 0 Å². The summed E-state index contributed by atoms with van der Waals surface area (Å²) in [5, 5.41) is 3.11. The van der Waals surface area contributed by atoms with E-state index < -0.39 is 17.6 Å². The number of alkyl halides is 3. The summed E-state index contributed by atoms with van der Waals surface area (Å²) in [4.78, 5) is 12.2. The van der Waals surface area contributed by atoms with E-state index >= 15 is 0 Å². The van der Waals surface area contributed by atoms with E-state index in [9.17, 15) is 18.0 Å². The fraction of sp³-hybridized carbons (Fsp3) is 0.889. The van der Waals surface area contributed by atoms with Crippen LogP contribution in [0.1, 0.15) is 19.8 Å².